The fraction of sp³-hybridized carbons (Fsp3) is 0.286. The van der Waals surface area contributed by atoms with E-state index in [2.05, 4.69) is 23.7 Å². The highest BCUT2D eigenvalue weighted by atomic mass is 32.1. The molecule has 0 saturated heterocycles. The van der Waals surface area contributed by atoms with Crippen LogP contribution in [0.2, 0.25) is 0 Å². The Labute approximate surface area is 105 Å². The Kier molecular flexibility index (Phi) is 4.29. The molecule has 17 heavy (non-hydrogen) atoms. The number of rotatable bonds is 5. The van der Waals surface area contributed by atoms with E-state index < -0.39 is 0 Å². The van der Waals surface area contributed by atoms with Crippen molar-refractivity contribution < 1.29 is 4.39 Å². The second-order valence-corrected chi connectivity index (χ2v) is 4.93. The van der Waals surface area contributed by atoms with Gasteiger partial charge in [-0.05, 0) is 23.9 Å². The molecule has 1 aromatic carbocycles. The molecule has 0 radical (unpaired) electrons. The largest absolute Gasteiger partial charge is 0.305 e. The van der Waals surface area contributed by atoms with Crippen LogP contribution in [0.3, 0.4) is 0 Å². The summed E-state index contributed by atoms with van der Waals surface area (Å²) in [5.74, 6) is -0.138. The highest BCUT2D eigenvalue weighted by Crippen LogP contribution is 2.22. The molecule has 1 aromatic heterocycles. The Balaban J connectivity index is 2.00. The van der Waals surface area contributed by atoms with Gasteiger partial charge in [0.25, 0.3) is 0 Å². The zero-order valence-electron chi connectivity index (χ0n) is 9.82. The molecule has 1 heterocycles. The molecule has 0 aliphatic rings. The van der Waals surface area contributed by atoms with Crippen LogP contribution in [0.1, 0.15) is 29.8 Å². The standard InChI is InChI=1S/C14H16FNS/c1-2-13(14-8-5-9-17-14)16-10-11-6-3-4-7-12(11)15/h3-9,13,16H,2,10H2,1H3. The van der Waals surface area contributed by atoms with Crippen molar-refractivity contribution in [1.29, 1.82) is 0 Å². The monoisotopic (exact) mass is 249 g/mol. The molecular formula is C14H16FNS. The van der Waals surface area contributed by atoms with Gasteiger partial charge in [0.2, 0.25) is 0 Å². The summed E-state index contributed by atoms with van der Waals surface area (Å²) in [7, 11) is 0. The van der Waals surface area contributed by atoms with E-state index in [9.17, 15) is 4.39 Å². The quantitative estimate of drug-likeness (QED) is 0.840. The van der Waals surface area contributed by atoms with Gasteiger partial charge in [0.05, 0.1) is 0 Å². The molecule has 0 aliphatic heterocycles. The summed E-state index contributed by atoms with van der Waals surface area (Å²) < 4.78 is 13.4. The van der Waals surface area contributed by atoms with Crippen LogP contribution in [0.5, 0.6) is 0 Å². The van der Waals surface area contributed by atoms with Gasteiger partial charge in [-0.2, -0.15) is 0 Å². The highest BCUT2D eigenvalue weighted by molar-refractivity contribution is 7.10. The second kappa shape index (κ2) is 5.94. The van der Waals surface area contributed by atoms with Gasteiger partial charge in [0, 0.05) is 23.0 Å². The van der Waals surface area contributed by atoms with Gasteiger partial charge >= 0.3 is 0 Å². The molecule has 0 spiro atoms. The van der Waals surface area contributed by atoms with Gasteiger partial charge < -0.3 is 5.32 Å². The summed E-state index contributed by atoms with van der Waals surface area (Å²) in [4.78, 5) is 1.31. The first-order valence-electron chi connectivity index (χ1n) is 5.81. The second-order valence-electron chi connectivity index (χ2n) is 3.95. The minimum atomic E-state index is -0.138. The maximum absolute atomic E-state index is 13.4. The van der Waals surface area contributed by atoms with Gasteiger partial charge in [-0.1, -0.05) is 31.2 Å². The summed E-state index contributed by atoms with van der Waals surface area (Å²) in [6.45, 7) is 2.71. The number of hydrogen-bond donors (Lipinski definition) is 1. The number of hydrogen-bond acceptors (Lipinski definition) is 2. The Morgan fingerprint density at radius 2 is 2.06 bits per heavy atom. The first-order valence-corrected chi connectivity index (χ1v) is 6.69. The first-order chi connectivity index (χ1) is 8.31. The van der Waals surface area contributed by atoms with Crippen LogP contribution >= 0.6 is 11.3 Å². The molecule has 2 rings (SSSR count). The molecule has 1 unspecified atom stereocenters. The van der Waals surface area contributed by atoms with Crippen molar-refractivity contribution in [2.75, 3.05) is 0 Å². The molecule has 0 fully saturated rings. The SMILES string of the molecule is CCC(NCc1ccccc1F)c1cccs1. The lowest BCUT2D eigenvalue weighted by Crippen LogP contribution is -2.19. The van der Waals surface area contributed by atoms with Crippen molar-refractivity contribution in [3.05, 3.63) is 58.0 Å². The zero-order chi connectivity index (χ0) is 12.1. The van der Waals surface area contributed by atoms with Crippen molar-refractivity contribution in [2.45, 2.75) is 25.9 Å². The van der Waals surface area contributed by atoms with E-state index >= 15 is 0 Å². The van der Waals surface area contributed by atoms with E-state index in [1.165, 1.54) is 10.9 Å². The molecule has 3 heteroatoms. The van der Waals surface area contributed by atoms with Crippen molar-refractivity contribution in [1.82, 2.24) is 5.32 Å². The van der Waals surface area contributed by atoms with Crippen LogP contribution in [0.15, 0.2) is 41.8 Å². The third-order valence-corrected chi connectivity index (χ3v) is 3.78. The van der Waals surface area contributed by atoms with E-state index in [0.717, 1.165) is 12.0 Å². The number of halogens is 1. The minimum Gasteiger partial charge on any atom is -0.305 e. The summed E-state index contributed by atoms with van der Waals surface area (Å²) in [5.41, 5.74) is 0.725. The Morgan fingerprint density at radius 3 is 2.71 bits per heavy atom. The van der Waals surface area contributed by atoms with E-state index in [0.29, 0.717) is 12.6 Å². The average Bonchev–Trinajstić information content (AvgIpc) is 2.86. The lowest BCUT2D eigenvalue weighted by atomic mass is 10.1. The van der Waals surface area contributed by atoms with E-state index in [1.54, 1.807) is 17.4 Å². The zero-order valence-corrected chi connectivity index (χ0v) is 10.6. The molecule has 0 aliphatic carbocycles. The smallest absolute Gasteiger partial charge is 0.127 e. The predicted octanol–water partition coefficient (Wildman–Crippen LogP) is 4.13. The predicted molar refractivity (Wildman–Crippen MR) is 70.6 cm³/mol. The lowest BCUT2D eigenvalue weighted by Gasteiger charge is -2.15. The van der Waals surface area contributed by atoms with Crippen molar-refractivity contribution in [3.63, 3.8) is 0 Å². The average molecular weight is 249 g/mol. The van der Waals surface area contributed by atoms with Gasteiger partial charge in [0.15, 0.2) is 0 Å². The molecule has 2 aromatic rings. The Hall–Kier alpha value is -1.19. The van der Waals surface area contributed by atoms with Crippen LogP contribution in [0.25, 0.3) is 0 Å². The van der Waals surface area contributed by atoms with Gasteiger partial charge in [-0.15, -0.1) is 11.3 Å². The number of benzene rings is 1. The molecule has 1 N–H and O–H groups in total. The fourth-order valence-electron chi connectivity index (χ4n) is 1.81. The van der Waals surface area contributed by atoms with E-state index in [4.69, 9.17) is 0 Å². The first kappa shape index (κ1) is 12.3. The van der Waals surface area contributed by atoms with Crippen LogP contribution in [0.4, 0.5) is 4.39 Å². The van der Waals surface area contributed by atoms with Gasteiger partial charge in [-0.25, -0.2) is 4.39 Å². The van der Waals surface area contributed by atoms with Crippen molar-refractivity contribution in [3.8, 4) is 0 Å². The Bertz CT molecular complexity index is 453. The molecule has 1 atom stereocenters. The summed E-state index contributed by atoms with van der Waals surface area (Å²) in [6, 6.07) is 11.4. The number of nitrogens with one attached hydrogen (secondary N) is 1. The van der Waals surface area contributed by atoms with Crippen LogP contribution in [-0.4, -0.2) is 0 Å². The summed E-state index contributed by atoms with van der Waals surface area (Å²) in [5, 5.41) is 5.47. The maximum atomic E-state index is 13.4. The van der Waals surface area contributed by atoms with E-state index in [-0.39, 0.29) is 5.82 Å². The normalized spacial score (nSPS) is 12.6. The highest BCUT2D eigenvalue weighted by Gasteiger charge is 2.10. The van der Waals surface area contributed by atoms with Crippen LogP contribution < -0.4 is 5.32 Å². The fourth-order valence-corrected chi connectivity index (χ4v) is 2.70. The summed E-state index contributed by atoms with van der Waals surface area (Å²) >= 11 is 1.74. The molecular weight excluding hydrogens is 233 g/mol. The van der Waals surface area contributed by atoms with Gasteiger partial charge in [0.1, 0.15) is 5.82 Å². The molecule has 0 bridgehead atoms. The maximum Gasteiger partial charge on any atom is 0.127 e. The van der Waals surface area contributed by atoms with Crippen molar-refractivity contribution in [2.24, 2.45) is 0 Å². The lowest BCUT2D eigenvalue weighted by molar-refractivity contribution is 0.510. The van der Waals surface area contributed by atoms with Crippen LogP contribution in [0, 0.1) is 5.82 Å². The van der Waals surface area contributed by atoms with Gasteiger partial charge in [-0.3, -0.25) is 0 Å². The molecule has 90 valence electrons. The van der Waals surface area contributed by atoms with Crippen molar-refractivity contribution >= 4 is 11.3 Å². The summed E-state index contributed by atoms with van der Waals surface area (Å²) in [6.07, 6.45) is 1.01. The minimum absolute atomic E-state index is 0.138. The molecule has 1 nitrogen and oxygen atoms in total. The van der Waals surface area contributed by atoms with Crippen LogP contribution in [-0.2, 0) is 6.54 Å². The number of thiophene rings is 1. The third kappa shape index (κ3) is 3.14. The molecule has 0 amide bonds. The van der Waals surface area contributed by atoms with E-state index in [1.807, 2.05) is 18.2 Å². The topological polar surface area (TPSA) is 12.0 Å². The molecule has 0 saturated carbocycles. The third-order valence-electron chi connectivity index (χ3n) is 2.79. The Morgan fingerprint density at radius 1 is 1.24 bits per heavy atom.